The van der Waals surface area contributed by atoms with Gasteiger partial charge in [-0.2, -0.15) is 0 Å². The molecule has 25 heavy (non-hydrogen) atoms. The highest BCUT2D eigenvalue weighted by molar-refractivity contribution is 7.46. The molecule has 1 saturated heterocycles. The molecule has 3 rings (SSSR count). The van der Waals surface area contributed by atoms with Crippen molar-refractivity contribution in [1.82, 2.24) is 14.5 Å². The summed E-state index contributed by atoms with van der Waals surface area (Å²) in [6, 6.07) is 0. The first-order valence-electron chi connectivity index (χ1n) is 7.06. The normalized spacial score (nSPS) is 27.2. The van der Waals surface area contributed by atoms with Gasteiger partial charge in [0.1, 0.15) is 18.3 Å². The number of nitrogens with zero attached hydrogens (tertiary/aromatic N) is 3. The van der Waals surface area contributed by atoms with Gasteiger partial charge in [0.2, 0.25) is 11.7 Å². The molecule has 7 N–H and O–H groups in total. The van der Waals surface area contributed by atoms with E-state index < -0.39 is 44.5 Å². The van der Waals surface area contributed by atoms with Crippen LogP contribution in [0.5, 0.6) is 0 Å². The lowest BCUT2D eigenvalue weighted by Crippen LogP contribution is -2.46. The van der Waals surface area contributed by atoms with E-state index in [1.807, 2.05) is 0 Å². The number of nitrogens with one attached hydrogen (secondary N) is 1. The number of H-pyrrole nitrogens is 1. The van der Waals surface area contributed by atoms with E-state index in [4.69, 9.17) is 20.3 Å². The van der Waals surface area contributed by atoms with Gasteiger partial charge in [-0.3, -0.25) is 18.9 Å². The zero-order valence-corrected chi connectivity index (χ0v) is 13.8. The number of nitrogen functional groups attached to an aromatic ring is 1. The third-order valence-corrected chi connectivity index (χ3v) is 4.29. The maximum atomic E-state index is 12.0. The molecule has 2 aromatic rings. The van der Waals surface area contributed by atoms with E-state index >= 15 is 0 Å². The molecule has 2 aromatic heterocycles. The number of hydrogen-bond donors (Lipinski definition) is 6. The number of nitrogens with two attached hydrogens (primary N) is 1. The molecule has 138 valence electrons. The van der Waals surface area contributed by atoms with Crippen molar-refractivity contribution in [2.75, 3.05) is 12.3 Å². The van der Waals surface area contributed by atoms with Crippen molar-refractivity contribution < 1.29 is 38.4 Å². The van der Waals surface area contributed by atoms with Gasteiger partial charge in [0.15, 0.2) is 6.33 Å². The van der Waals surface area contributed by atoms with Gasteiger partial charge in [-0.25, -0.2) is 9.13 Å². The van der Waals surface area contributed by atoms with Crippen molar-refractivity contribution in [3.8, 4) is 0 Å². The Morgan fingerprint density at radius 1 is 1.48 bits per heavy atom. The van der Waals surface area contributed by atoms with Crippen LogP contribution >= 0.6 is 7.82 Å². The number of phosphoric acid groups is 1. The van der Waals surface area contributed by atoms with Crippen molar-refractivity contribution in [3.05, 3.63) is 16.7 Å². The van der Waals surface area contributed by atoms with Crippen LogP contribution in [0.25, 0.3) is 11.2 Å². The van der Waals surface area contributed by atoms with Crippen LogP contribution in [0.4, 0.5) is 5.95 Å². The minimum Gasteiger partial charge on any atom is -0.387 e. The molecular formula is C11H17N5O8P+. The first kappa shape index (κ1) is 17.9. The second-order valence-corrected chi connectivity index (χ2v) is 6.83. The molecule has 3 heterocycles. The maximum Gasteiger partial charge on any atom is 0.469 e. The summed E-state index contributed by atoms with van der Waals surface area (Å²) in [6.45, 7) is -0.638. The fourth-order valence-electron chi connectivity index (χ4n) is 2.72. The predicted octanol–water partition coefficient (Wildman–Crippen LogP) is -3.14. The molecule has 0 amide bonds. The Balaban J connectivity index is 1.96. The SMILES string of the molecule is Cn1c[n+]([C@@H]2O[C@H](COP(=O)(O)O)[C@H](O)C2O)c2nc(N)[nH]c(=O)c21. The van der Waals surface area contributed by atoms with Crippen LogP contribution in [0.1, 0.15) is 6.23 Å². The van der Waals surface area contributed by atoms with Gasteiger partial charge >= 0.3 is 13.5 Å². The lowest BCUT2D eigenvalue weighted by atomic mass is 10.1. The molecular weight excluding hydrogens is 361 g/mol. The molecule has 14 heteroatoms. The van der Waals surface area contributed by atoms with E-state index in [9.17, 15) is 19.6 Å². The van der Waals surface area contributed by atoms with Crippen LogP contribution in [-0.2, 0) is 20.9 Å². The van der Waals surface area contributed by atoms with Gasteiger partial charge in [0.25, 0.3) is 11.5 Å². The van der Waals surface area contributed by atoms with Crippen LogP contribution < -0.4 is 15.9 Å². The minimum atomic E-state index is -4.76. The second kappa shape index (κ2) is 6.14. The summed E-state index contributed by atoms with van der Waals surface area (Å²) in [6.07, 6.45) is -3.88. The Bertz CT molecular complexity index is 906. The third-order valence-electron chi connectivity index (χ3n) is 3.81. The Morgan fingerprint density at radius 3 is 2.80 bits per heavy atom. The summed E-state index contributed by atoms with van der Waals surface area (Å²) in [7, 11) is -3.19. The molecule has 0 spiro atoms. The average molecular weight is 378 g/mol. The van der Waals surface area contributed by atoms with Gasteiger partial charge in [-0.05, 0) is 0 Å². The van der Waals surface area contributed by atoms with E-state index in [0.717, 1.165) is 0 Å². The maximum absolute atomic E-state index is 12.0. The molecule has 0 aromatic carbocycles. The monoisotopic (exact) mass is 378 g/mol. The van der Waals surface area contributed by atoms with E-state index in [1.165, 1.54) is 15.5 Å². The van der Waals surface area contributed by atoms with E-state index in [-0.39, 0.29) is 17.1 Å². The molecule has 0 radical (unpaired) electrons. The summed E-state index contributed by atoms with van der Waals surface area (Å²) in [5.41, 5.74) is 5.31. The zero-order valence-electron chi connectivity index (χ0n) is 12.9. The van der Waals surface area contributed by atoms with Crippen molar-refractivity contribution in [2.45, 2.75) is 24.5 Å². The molecule has 1 unspecified atom stereocenters. The van der Waals surface area contributed by atoms with E-state index in [0.29, 0.717) is 0 Å². The third kappa shape index (κ3) is 3.30. The van der Waals surface area contributed by atoms with Gasteiger partial charge in [-0.1, -0.05) is 4.98 Å². The number of phosphoric ester groups is 1. The van der Waals surface area contributed by atoms with Gasteiger partial charge < -0.3 is 30.5 Å². The van der Waals surface area contributed by atoms with Gasteiger partial charge in [0.05, 0.1) is 13.7 Å². The highest BCUT2D eigenvalue weighted by Gasteiger charge is 2.47. The van der Waals surface area contributed by atoms with Crippen molar-refractivity contribution in [2.24, 2.45) is 7.05 Å². The van der Waals surface area contributed by atoms with Crippen LogP contribution in [0.2, 0.25) is 0 Å². The molecule has 4 atom stereocenters. The summed E-state index contributed by atoms with van der Waals surface area (Å²) < 4.78 is 23.3. The summed E-state index contributed by atoms with van der Waals surface area (Å²) in [5, 5.41) is 20.3. The first-order valence-corrected chi connectivity index (χ1v) is 8.59. The molecule has 13 nitrogen and oxygen atoms in total. The lowest BCUT2D eigenvalue weighted by Gasteiger charge is -2.14. The topological polar surface area (TPSA) is 197 Å². The number of anilines is 1. The number of ether oxygens (including phenoxy) is 1. The first-order chi connectivity index (χ1) is 11.6. The lowest BCUT2D eigenvalue weighted by molar-refractivity contribution is -0.745. The van der Waals surface area contributed by atoms with Crippen LogP contribution in [0.3, 0.4) is 0 Å². The fraction of sp³-hybridized carbons (Fsp3) is 0.545. The summed E-state index contributed by atoms with van der Waals surface area (Å²) in [5.74, 6) is -0.146. The smallest absolute Gasteiger partial charge is 0.387 e. The molecule has 1 aliphatic heterocycles. The summed E-state index contributed by atoms with van der Waals surface area (Å²) >= 11 is 0. The van der Waals surface area contributed by atoms with Crippen LogP contribution in [0.15, 0.2) is 11.1 Å². The molecule has 1 fully saturated rings. The average Bonchev–Trinajstić information content (AvgIpc) is 2.95. The second-order valence-electron chi connectivity index (χ2n) is 5.59. The van der Waals surface area contributed by atoms with Crippen molar-refractivity contribution in [1.29, 1.82) is 0 Å². The minimum absolute atomic E-state index is 0.108. The van der Waals surface area contributed by atoms with Gasteiger partial charge in [-0.15, -0.1) is 0 Å². The Morgan fingerprint density at radius 2 is 2.16 bits per heavy atom. The number of imidazole rings is 1. The fourth-order valence-corrected chi connectivity index (χ4v) is 3.06. The standard InChI is InChI=1S/C11H16N5O8P/c1-15-3-16(8-5(15)9(19)14-11(12)13-8)10-7(18)6(17)4(24-10)2-23-25(20,21)22/h3-4,6-7,10,17-18H,2H2,1H3,(H4-,12,13,14,19,20,21,22)/p+1/t4-,6+,7?,10-/m1/s1. The highest BCUT2D eigenvalue weighted by atomic mass is 31.2. The number of aromatic nitrogens is 4. The van der Waals surface area contributed by atoms with Crippen molar-refractivity contribution >= 4 is 24.9 Å². The van der Waals surface area contributed by atoms with Crippen LogP contribution in [0, 0.1) is 0 Å². The van der Waals surface area contributed by atoms with Crippen LogP contribution in [-0.4, -0.2) is 59.5 Å². The molecule has 1 aliphatic rings. The zero-order chi connectivity index (χ0) is 18.5. The number of hydrogen-bond acceptors (Lipinski definition) is 8. The Kier molecular flexibility index (Phi) is 4.41. The van der Waals surface area contributed by atoms with Crippen molar-refractivity contribution in [3.63, 3.8) is 0 Å². The number of aryl methyl sites for hydroxylation is 1. The Labute approximate surface area is 139 Å². The van der Waals surface area contributed by atoms with Gasteiger partial charge in [0, 0.05) is 0 Å². The summed E-state index contributed by atoms with van der Waals surface area (Å²) in [4.78, 5) is 35.8. The number of aliphatic hydroxyl groups is 2. The van der Waals surface area contributed by atoms with E-state index in [2.05, 4.69) is 14.5 Å². The number of fused-ring (bicyclic) bond motifs is 1. The molecule has 0 saturated carbocycles. The predicted molar refractivity (Wildman–Crippen MR) is 79.9 cm³/mol. The molecule has 0 aliphatic carbocycles. The highest BCUT2D eigenvalue weighted by Crippen LogP contribution is 2.37. The number of aromatic amines is 1. The Hall–Kier alpha value is -1.86. The largest absolute Gasteiger partial charge is 0.469 e. The number of rotatable bonds is 4. The van der Waals surface area contributed by atoms with E-state index in [1.54, 1.807) is 7.05 Å². The quantitative estimate of drug-likeness (QED) is 0.233. The molecule has 0 bridgehead atoms. The number of aliphatic hydroxyl groups excluding tert-OH is 2.